The van der Waals surface area contributed by atoms with Crippen molar-refractivity contribution in [3.05, 3.63) is 0 Å². The van der Waals surface area contributed by atoms with E-state index in [-0.39, 0.29) is 17.4 Å². The molecule has 0 aromatic carbocycles. The highest BCUT2D eigenvalue weighted by atomic mass is 16.2. The van der Waals surface area contributed by atoms with Gasteiger partial charge in [-0.3, -0.25) is 4.79 Å². The summed E-state index contributed by atoms with van der Waals surface area (Å²) in [7, 11) is 0. The third kappa shape index (κ3) is 3.23. The van der Waals surface area contributed by atoms with Gasteiger partial charge in [-0.15, -0.1) is 6.42 Å². The number of carbonyl (C=O) groups excluding carboxylic acids is 1. The summed E-state index contributed by atoms with van der Waals surface area (Å²) < 4.78 is 0. The first-order valence-electron chi connectivity index (χ1n) is 6.55. The van der Waals surface area contributed by atoms with Crippen LogP contribution in [0, 0.1) is 23.7 Å². The van der Waals surface area contributed by atoms with Crippen molar-refractivity contribution < 1.29 is 4.79 Å². The second-order valence-corrected chi connectivity index (χ2v) is 5.27. The zero-order valence-corrected chi connectivity index (χ0v) is 11.0. The van der Waals surface area contributed by atoms with Crippen molar-refractivity contribution in [3.63, 3.8) is 0 Å². The summed E-state index contributed by atoms with van der Waals surface area (Å²) in [5.41, 5.74) is 5.45. The molecule has 3 N–H and O–H groups in total. The molecule has 3 nitrogen and oxygen atoms in total. The molecule has 0 bridgehead atoms. The lowest BCUT2D eigenvalue weighted by atomic mass is 9.70. The normalized spacial score (nSPS) is 30.4. The predicted molar refractivity (Wildman–Crippen MR) is 70.2 cm³/mol. The molecular formula is C14H24N2O. The highest BCUT2D eigenvalue weighted by molar-refractivity contribution is 5.83. The molecule has 1 atom stereocenters. The van der Waals surface area contributed by atoms with Gasteiger partial charge in [0, 0.05) is 6.54 Å². The van der Waals surface area contributed by atoms with Crippen molar-refractivity contribution in [2.75, 3.05) is 6.54 Å². The van der Waals surface area contributed by atoms with Crippen molar-refractivity contribution in [3.8, 4) is 12.3 Å². The van der Waals surface area contributed by atoms with Crippen LogP contribution in [-0.4, -0.2) is 18.5 Å². The average Bonchev–Trinajstić information content (AvgIpc) is 2.37. The SMILES string of the molecule is C#CC(CC)NC(=O)C1(CN)CCC(C)CC1. The average molecular weight is 236 g/mol. The quantitative estimate of drug-likeness (QED) is 0.730. The Balaban J connectivity index is 2.67. The molecule has 1 unspecified atom stereocenters. The minimum atomic E-state index is -0.378. The maximum atomic E-state index is 12.3. The number of carbonyl (C=O) groups is 1. The van der Waals surface area contributed by atoms with Crippen LogP contribution in [0.1, 0.15) is 46.0 Å². The lowest BCUT2D eigenvalue weighted by Crippen LogP contribution is -2.50. The molecule has 17 heavy (non-hydrogen) atoms. The molecule has 1 amide bonds. The first-order chi connectivity index (χ1) is 8.07. The Labute approximate surface area is 105 Å². The largest absolute Gasteiger partial charge is 0.342 e. The Morgan fingerprint density at radius 3 is 2.59 bits per heavy atom. The molecule has 0 aliphatic heterocycles. The van der Waals surface area contributed by atoms with Crippen LogP contribution in [0.25, 0.3) is 0 Å². The molecule has 0 aromatic heterocycles. The zero-order valence-electron chi connectivity index (χ0n) is 11.0. The Hall–Kier alpha value is -1.01. The molecule has 0 saturated heterocycles. The van der Waals surface area contributed by atoms with Gasteiger partial charge >= 0.3 is 0 Å². The number of nitrogens with two attached hydrogens (primary N) is 1. The number of hydrogen-bond donors (Lipinski definition) is 2. The van der Waals surface area contributed by atoms with Gasteiger partial charge in [-0.2, -0.15) is 0 Å². The number of nitrogens with one attached hydrogen (secondary N) is 1. The van der Waals surface area contributed by atoms with Crippen LogP contribution in [0.2, 0.25) is 0 Å². The van der Waals surface area contributed by atoms with Crippen molar-refractivity contribution in [2.45, 2.75) is 52.0 Å². The van der Waals surface area contributed by atoms with Gasteiger partial charge < -0.3 is 11.1 Å². The van der Waals surface area contributed by atoms with E-state index in [2.05, 4.69) is 18.2 Å². The van der Waals surface area contributed by atoms with Crippen molar-refractivity contribution in [1.29, 1.82) is 0 Å². The number of rotatable bonds is 4. The molecule has 0 spiro atoms. The van der Waals surface area contributed by atoms with Crippen LogP contribution >= 0.6 is 0 Å². The van der Waals surface area contributed by atoms with Gasteiger partial charge in [0.15, 0.2) is 0 Å². The van der Waals surface area contributed by atoms with Crippen LogP contribution in [0.4, 0.5) is 0 Å². The molecule has 0 aromatic rings. The summed E-state index contributed by atoms with van der Waals surface area (Å²) in [5, 5.41) is 2.94. The van der Waals surface area contributed by atoms with Gasteiger partial charge in [-0.05, 0) is 38.0 Å². The molecule has 0 heterocycles. The van der Waals surface area contributed by atoms with E-state index in [9.17, 15) is 4.79 Å². The smallest absolute Gasteiger partial charge is 0.228 e. The topological polar surface area (TPSA) is 55.1 Å². The van der Waals surface area contributed by atoms with Gasteiger partial charge in [0.2, 0.25) is 5.91 Å². The van der Waals surface area contributed by atoms with Gasteiger partial charge in [-0.25, -0.2) is 0 Å². The second kappa shape index (κ2) is 6.07. The number of hydrogen-bond acceptors (Lipinski definition) is 2. The molecular weight excluding hydrogens is 212 g/mol. The zero-order chi connectivity index (χ0) is 12.9. The highest BCUT2D eigenvalue weighted by Crippen LogP contribution is 2.38. The Morgan fingerprint density at radius 1 is 1.59 bits per heavy atom. The number of amides is 1. The summed E-state index contributed by atoms with van der Waals surface area (Å²) in [6.07, 6.45) is 10.1. The summed E-state index contributed by atoms with van der Waals surface area (Å²) in [4.78, 5) is 12.3. The van der Waals surface area contributed by atoms with E-state index in [1.54, 1.807) is 0 Å². The van der Waals surface area contributed by atoms with Crippen LogP contribution in [-0.2, 0) is 4.79 Å². The standard InChI is InChI=1S/C14H24N2O/c1-4-12(5-2)16-13(17)14(10-15)8-6-11(3)7-9-14/h1,11-12H,5-10,15H2,2-3H3,(H,16,17). The van der Waals surface area contributed by atoms with E-state index in [0.717, 1.165) is 32.1 Å². The van der Waals surface area contributed by atoms with Crippen molar-refractivity contribution in [1.82, 2.24) is 5.32 Å². The lowest BCUT2D eigenvalue weighted by Gasteiger charge is -2.37. The molecule has 96 valence electrons. The van der Waals surface area contributed by atoms with E-state index < -0.39 is 0 Å². The lowest BCUT2D eigenvalue weighted by molar-refractivity contribution is -0.133. The third-order valence-electron chi connectivity index (χ3n) is 4.02. The van der Waals surface area contributed by atoms with Crippen molar-refractivity contribution >= 4 is 5.91 Å². The van der Waals surface area contributed by atoms with Crippen LogP contribution in [0.15, 0.2) is 0 Å². The maximum Gasteiger partial charge on any atom is 0.228 e. The molecule has 1 rings (SSSR count). The van der Waals surface area contributed by atoms with Gasteiger partial charge in [0.25, 0.3) is 0 Å². The second-order valence-electron chi connectivity index (χ2n) is 5.27. The van der Waals surface area contributed by atoms with Crippen LogP contribution < -0.4 is 11.1 Å². The molecule has 1 aliphatic rings. The Kier molecular flexibility index (Phi) is 5.02. The third-order valence-corrected chi connectivity index (χ3v) is 4.02. The van der Waals surface area contributed by atoms with E-state index in [1.165, 1.54) is 0 Å². The minimum Gasteiger partial charge on any atom is -0.342 e. The Morgan fingerprint density at radius 2 is 2.18 bits per heavy atom. The van der Waals surface area contributed by atoms with Gasteiger partial charge in [-0.1, -0.05) is 19.8 Å². The first-order valence-corrected chi connectivity index (χ1v) is 6.55. The minimum absolute atomic E-state index is 0.0525. The molecule has 3 heteroatoms. The molecule has 0 radical (unpaired) electrons. The maximum absolute atomic E-state index is 12.3. The molecule has 1 fully saturated rings. The molecule has 1 saturated carbocycles. The molecule has 1 aliphatic carbocycles. The van der Waals surface area contributed by atoms with E-state index in [1.807, 2.05) is 6.92 Å². The summed E-state index contributed by atoms with van der Waals surface area (Å²) >= 11 is 0. The summed E-state index contributed by atoms with van der Waals surface area (Å²) in [5.74, 6) is 3.36. The van der Waals surface area contributed by atoms with Crippen LogP contribution in [0.3, 0.4) is 0 Å². The van der Waals surface area contributed by atoms with Crippen molar-refractivity contribution in [2.24, 2.45) is 17.1 Å². The van der Waals surface area contributed by atoms with E-state index >= 15 is 0 Å². The van der Waals surface area contributed by atoms with Crippen LogP contribution in [0.5, 0.6) is 0 Å². The van der Waals surface area contributed by atoms with E-state index in [4.69, 9.17) is 12.2 Å². The first kappa shape index (κ1) is 14.1. The van der Waals surface area contributed by atoms with Gasteiger partial charge in [0.1, 0.15) is 0 Å². The van der Waals surface area contributed by atoms with Gasteiger partial charge in [0.05, 0.1) is 11.5 Å². The van der Waals surface area contributed by atoms with E-state index in [0.29, 0.717) is 12.5 Å². The fourth-order valence-electron chi connectivity index (χ4n) is 2.41. The monoisotopic (exact) mass is 236 g/mol. The fraction of sp³-hybridized carbons (Fsp3) is 0.786. The highest BCUT2D eigenvalue weighted by Gasteiger charge is 2.40. The summed E-state index contributed by atoms with van der Waals surface area (Å²) in [6, 6.07) is -0.162. The predicted octanol–water partition coefficient (Wildman–Crippen LogP) is 1.67. The Bertz CT molecular complexity index is 298. The summed E-state index contributed by atoms with van der Waals surface area (Å²) in [6.45, 7) is 4.63. The number of terminal acetylenes is 1. The fourth-order valence-corrected chi connectivity index (χ4v) is 2.41.